The van der Waals surface area contributed by atoms with Crippen molar-refractivity contribution < 1.29 is 4.42 Å². The topological polar surface area (TPSA) is 42.4 Å². The second-order valence-corrected chi connectivity index (χ2v) is 5.15. The Hall–Kier alpha value is -1.29. The summed E-state index contributed by atoms with van der Waals surface area (Å²) in [7, 11) is 2.07. The molecule has 0 fully saturated rings. The largest absolute Gasteiger partial charge is 0.468 e. The van der Waals surface area contributed by atoms with Gasteiger partial charge in [-0.1, -0.05) is 23.7 Å². The number of nitrogens with zero attached hydrogens (tertiary/aromatic N) is 1. The van der Waals surface area contributed by atoms with Crippen molar-refractivity contribution in [1.82, 2.24) is 4.90 Å². The Morgan fingerprint density at radius 2 is 1.95 bits per heavy atom. The van der Waals surface area contributed by atoms with Gasteiger partial charge in [-0.3, -0.25) is 4.90 Å². The summed E-state index contributed by atoms with van der Waals surface area (Å²) >= 11 is 5.91. The van der Waals surface area contributed by atoms with Crippen molar-refractivity contribution in [3.05, 3.63) is 58.5 Å². The van der Waals surface area contributed by atoms with Crippen LogP contribution in [0.15, 0.2) is 41.0 Å². The SMILES string of the molecule is CC(c1ccc(Cl)cc1)N(C)Cc1occc1CN. The van der Waals surface area contributed by atoms with Crippen LogP contribution in [-0.4, -0.2) is 11.9 Å². The molecule has 0 amide bonds. The molecule has 1 heterocycles. The normalized spacial score (nSPS) is 12.9. The van der Waals surface area contributed by atoms with Gasteiger partial charge in [0, 0.05) is 23.2 Å². The Balaban J connectivity index is 2.07. The van der Waals surface area contributed by atoms with Crippen LogP contribution in [-0.2, 0) is 13.1 Å². The van der Waals surface area contributed by atoms with Gasteiger partial charge in [-0.25, -0.2) is 0 Å². The van der Waals surface area contributed by atoms with Crippen molar-refractivity contribution in [3.8, 4) is 0 Å². The molecule has 0 bridgehead atoms. The van der Waals surface area contributed by atoms with Crippen LogP contribution in [0.4, 0.5) is 0 Å². The Morgan fingerprint density at radius 3 is 2.58 bits per heavy atom. The zero-order valence-electron chi connectivity index (χ0n) is 11.3. The molecule has 0 aliphatic heterocycles. The predicted octanol–water partition coefficient (Wildman–Crippen LogP) is 3.58. The maximum Gasteiger partial charge on any atom is 0.122 e. The molecule has 2 N–H and O–H groups in total. The van der Waals surface area contributed by atoms with Crippen molar-refractivity contribution in [1.29, 1.82) is 0 Å². The molecule has 0 aliphatic carbocycles. The van der Waals surface area contributed by atoms with Crippen molar-refractivity contribution in [3.63, 3.8) is 0 Å². The van der Waals surface area contributed by atoms with E-state index in [1.54, 1.807) is 6.26 Å². The van der Waals surface area contributed by atoms with Crippen LogP contribution in [0.5, 0.6) is 0 Å². The average molecular weight is 279 g/mol. The number of furan rings is 1. The average Bonchev–Trinajstić information content (AvgIpc) is 2.86. The van der Waals surface area contributed by atoms with Crippen molar-refractivity contribution in [2.24, 2.45) is 5.73 Å². The smallest absolute Gasteiger partial charge is 0.122 e. The third-order valence-corrected chi connectivity index (χ3v) is 3.72. The number of nitrogens with two attached hydrogens (primary N) is 1. The maximum absolute atomic E-state index is 5.91. The van der Waals surface area contributed by atoms with Gasteiger partial charge in [0.25, 0.3) is 0 Å². The van der Waals surface area contributed by atoms with Gasteiger partial charge in [0.2, 0.25) is 0 Å². The third-order valence-electron chi connectivity index (χ3n) is 3.46. The molecular weight excluding hydrogens is 260 g/mol. The van der Waals surface area contributed by atoms with E-state index in [-0.39, 0.29) is 6.04 Å². The minimum Gasteiger partial charge on any atom is -0.468 e. The molecule has 19 heavy (non-hydrogen) atoms. The van der Waals surface area contributed by atoms with Gasteiger partial charge in [-0.05, 0) is 37.7 Å². The van der Waals surface area contributed by atoms with E-state index in [9.17, 15) is 0 Å². The summed E-state index contributed by atoms with van der Waals surface area (Å²) in [6.45, 7) is 3.41. The second-order valence-electron chi connectivity index (χ2n) is 4.72. The first-order chi connectivity index (χ1) is 9.11. The molecule has 0 radical (unpaired) electrons. The molecule has 4 heteroatoms. The summed E-state index contributed by atoms with van der Waals surface area (Å²) in [5, 5.41) is 0.759. The summed E-state index contributed by atoms with van der Waals surface area (Å²) in [5.41, 5.74) is 7.98. The quantitative estimate of drug-likeness (QED) is 0.909. The van der Waals surface area contributed by atoms with Crippen LogP contribution in [0.1, 0.15) is 29.9 Å². The van der Waals surface area contributed by atoms with Crippen LogP contribution in [0.3, 0.4) is 0 Å². The highest BCUT2D eigenvalue weighted by Crippen LogP contribution is 2.23. The molecule has 0 spiro atoms. The highest BCUT2D eigenvalue weighted by Gasteiger charge is 2.15. The molecule has 1 unspecified atom stereocenters. The molecule has 1 aromatic heterocycles. The Labute approximate surface area is 119 Å². The first kappa shape index (κ1) is 14.1. The fraction of sp³-hybridized carbons (Fsp3) is 0.333. The van der Waals surface area contributed by atoms with Gasteiger partial charge in [-0.15, -0.1) is 0 Å². The molecule has 0 saturated heterocycles. The first-order valence-electron chi connectivity index (χ1n) is 6.33. The molecule has 1 atom stereocenters. The molecule has 102 valence electrons. The van der Waals surface area contributed by atoms with Crippen molar-refractivity contribution in [2.45, 2.75) is 26.1 Å². The highest BCUT2D eigenvalue weighted by atomic mass is 35.5. The van der Waals surface area contributed by atoms with Gasteiger partial charge in [0.15, 0.2) is 0 Å². The number of halogens is 1. The Bertz CT molecular complexity index is 521. The first-order valence-corrected chi connectivity index (χ1v) is 6.70. The molecule has 0 aliphatic rings. The Kier molecular flexibility index (Phi) is 4.64. The van der Waals surface area contributed by atoms with Crippen LogP contribution in [0.2, 0.25) is 5.02 Å². The van der Waals surface area contributed by atoms with Gasteiger partial charge in [0.05, 0.1) is 12.8 Å². The number of benzene rings is 1. The molecular formula is C15H19ClN2O. The van der Waals surface area contributed by atoms with E-state index in [1.807, 2.05) is 18.2 Å². The van der Waals surface area contributed by atoms with Crippen molar-refractivity contribution in [2.75, 3.05) is 7.05 Å². The monoisotopic (exact) mass is 278 g/mol. The van der Waals surface area contributed by atoms with Crippen LogP contribution < -0.4 is 5.73 Å². The number of rotatable bonds is 5. The van der Waals surface area contributed by atoms with E-state index in [4.69, 9.17) is 21.8 Å². The lowest BCUT2D eigenvalue weighted by molar-refractivity contribution is 0.231. The minimum absolute atomic E-state index is 0.285. The zero-order chi connectivity index (χ0) is 13.8. The van der Waals surface area contributed by atoms with E-state index in [1.165, 1.54) is 5.56 Å². The van der Waals surface area contributed by atoms with E-state index in [0.717, 1.165) is 22.9 Å². The summed E-state index contributed by atoms with van der Waals surface area (Å²) < 4.78 is 5.49. The molecule has 1 aromatic carbocycles. The van der Waals surface area contributed by atoms with Gasteiger partial charge >= 0.3 is 0 Å². The predicted molar refractivity (Wildman–Crippen MR) is 77.9 cm³/mol. The fourth-order valence-electron chi connectivity index (χ4n) is 2.05. The second kappa shape index (κ2) is 6.24. The van der Waals surface area contributed by atoms with E-state index < -0.39 is 0 Å². The minimum atomic E-state index is 0.285. The summed E-state index contributed by atoms with van der Waals surface area (Å²) in [6, 6.07) is 10.1. The highest BCUT2D eigenvalue weighted by molar-refractivity contribution is 6.30. The van der Waals surface area contributed by atoms with Gasteiger partial charge < -0.3 is 10.2 Å². The van der Waals surface area contributed by atoms with Crippen LogP contribution in [0.25, 0.3) is 0 Å². The summed E-state index contributed by atoms with van der Waals surface area (Å²) in [6.07, 6.45) is 1.69. The fourth-order valence-corrected chi connectivity index (χ4v) is 2.17. The molecule has 2 aromatic rings. The van der Waals surface area contributed by atoms with E-state index in [2.05, 4.69) is 31.0 Å². The molecule has 3 nitrogen and oxygen atoms in total. The maximum atomic E-state index is 5.91. The lowest BCUT2D eigenvalue weighted by atomic mass is 10.1. The molecule has 0 saturated carbocycles. The third kappa shape index (κ3) is 3.38. The Morgan fingerprint density at radius 1 is 1.26 bits per heavy atom. The lowest BCUT2D eigenvalue weighted by Crippen LogP contribution is -2.22. The van der Waals surface area contributed by atoms with Gasteiger partial charge in [-0.2, -0.15) is 0 Å². The standard InChI is InChI=1S/C15H19ClN2O/c1-11(12-3-5-14(16)6-4-12)18(2)10-15-13(9-17)7-8-19-15/h3-8,11H,9-10,17H2,1-2H3. The summed E-state index contributed by atoms with van der Waals surface area (Å²) in [4.78, 5) is 2.22. The summed E-state index contributed by atoms with van der Waals surface area (Å²) in [5.74, 6) is 0.936. The van der Waals surface area contributed by atoms with E-state index >= 15 is 0 Å². The lowest BCUT2D eigenvalue weighted by Gasteiger charge is -2.24. The zero-order valence-corrected chi connectivity index (χ0v) is 12.0. The van der Waals surface area contributed by atoms with Crippen LogP contribution >= 0.6 is 11.6 Å². The van der Waals surface area contributed by atoms with E-state index in [0.29, 0.717) is 6.54 Å². The number of hydrogen-bond donors (Lipinski definition) is 1. The molecule has 2 rings (SSSR count). The number of hydrogen-bond acceptors (Lipinski definition) is 3. The van der Waals surface area contributed by atoms with Crippen molar-refractivity contribution >= 4 is 11.6 Å². The van der Waals surface area contributed by atoms with Crippen LogP contribution in [0, 0.1) is 0 Å². The van der Waals surface area contributed by atoms with Gasteiger partial charge in [0.1, 0.15) is 5.76 Å².